The van der Waals surface area contributed by atoms with E-state index in [4.69, 9.17) is 4.74 Å². The molecule has 0 radical (unpaired) electrons. The molecule has 0 saturated heterocycles. The molecule has 6 nitrogen and oxygen atoms in total. The molecule has 2 aromatic rings. The summed E-state index contributed by atoms with van der Waals surface area (Å²) in [4.78, 5) is 3.18. The largest absolute Gasteiger partial charge is 0.496 e. The normalized spacial score (nSPS) is 26.0. The number of hydrogen-bond donors (Lipinski definition) is 3. The molecule has 0 aliphatic heterocycles. The van der Waals surface area contributed by atoms with Crippen LogP contribution in [0.25, 0.3) is 10.9 Å². The van der Waals surface area contributed by atoms with Crippen molar-refractivity contribution in [2.75, 3.05) is 7.11 Å². The molecule has 1 aromatic carbocycles. The Morgan fingerprint density at radius 1 is 1.39 bits per heavy atom. The topological polar surface area (TPSA) is 91.4 Å². The Morgan fingerprint density at radius 2 is 2.17 bits per heavy atom. The Kier molecular flexibility index (Phi) is 3.23. The highest BCUT2D eigenvalue weighted by Gasteiger charge is 2.58. The summed E-state index contributed by atoms with van der Waals surface area (Å²) in [6, 6.07) is 5.19. The van der Waals surface area contributed by atoms with Crippen LogP contribution in [-0.2, 0) is 10.0 Å². The minimum atomic E-state index is -3.68. The zero-order valence-corrected chi connectivity index (χ0v) is 13.7. The van der Waals surface area contributed by atoms with Gasteiger partial charge in [-0.25, -0.2) is 13.1 Å². The molecule has 2 fully saturated rings. The van der Waals surface area contributed by atoms with Gasteiger partial charge in [-0.05, 0) is 31.4 Å². The fourth-order valence-corrected chi connectivity index (χ4v) is 5.48. The smallest absolute Gasteiger partial charge is 0.243 e. The first-order valence-corrected chi connectivity index (χ1v) is 9.31. The quantitative estimate of drug-likeness (QED) is 0.793. The van der Waals surface area contributed by atoms with Crippen LogP contribution in [0.5, 0.6) is 5.75 Å². The van der Waals surface area contributed by atoms with Gasteiger partial charge in [0.15, 0.2) is 0 Å². The van der Waals surface area contributed by atoms with Crippen molar-refractivity contribution in [2.24, 2.45) is 5.41 Å². The van der Waals surface area contributed by atoms with Gasteiger partial charge in [0.1, 0.15) is 10.6 Å². The number of aromatic amines is 1. The lowest BCUT2D eigenvalue weighted by Crippen LogP contribution is -2.66. The van der Waals surface area contributed by atoms with Gasteiger partial charge in [-0.15, -0.1) is 0 Å². The minimum absolute atomic E-state index is 0.184. The summed E-state index contributed by atoms with van der Waals surface area (Å²) in [5.41, 5.74) is 0.472. The number of methoxy groups -OCH3 is 1. The standard InChI is InChI=1S/C16H20N2O4S/c1-22-11-5-2-4-10-15(11)12(9-17-10)23(20,21)18-13-8-14(19)16(13)6-3-7-16/h2,4-5,9,13-14,17-19H,3,6-8H2,1H3. The van der Waals surface area contributed by atoms with Crippen molar-refractivity contribution in [3.8, 4) is 5.75 Å². The SMILES string of the molecule is COc1cccc2[nH]cc(S(=O)(=O)NC3CC(O)C34CCC4)c12. The molecule has 2 atom stereocenters. The third-order valence-corrected chi connectivity index (χ3v) is 7.04. The molecule has 2 saturated carbocycles. The Hall–Kier alpha value is -1.57. The molecule has 0 amide bonds. The molecule has 2 unspecified atom stereocenters. The second-order valence-corrected chi connectivity index (χ2v) is 8.23. The average molecular weight is 336 g/mol. The third kappa shape index (κ3) is 2.03. The lowest BCUT2D eigenvalue weighted by atomic mass is 9.51. The monoisotopic (exact) mass is 336 g/mol. The van der Waals surface area contributed by atoms with E-state index in [9.17, 15) is 13.5 Å². The molecule has 4 rings (SSSR count). The average Bonchev–Trinajstić information content (AvgIpc) is 2.89. The maximum absolute atomic E-state index is 12.8. The lowest BCUT2D eigenvalue weighted by Gasteiger charge is -2.59. The third-order valence-electron chi connectivity index (χ3n) is 5.54. The molecule has 1 heterocycles. The number of sulfonamides is 1. The van der Waals surface area contributed by atoms with Gasteiger partial charge in [0, 0.05) is 17.7 Å². The summed E-state index contributed by atoms with van der Waals surface area (Å²) in [5.74, 6) is 0.524. The van der Waals surface area contributed by atoms with E-state index in [2.05, 4.69) is 9.71 Å². The van der Waals surface area contributed by atoms with Crippen molar-refractivity contribution in [1.82, 2.24) is 9.71 Å². The summed E-state index contributed by atoms with van der Waals surface area (Å²) in [6.07, 6.45) is 4.42. The molecule has 3 N–H and O–H groups in total. The highest BCUT2D eigenvalue weighted by Crippen LogP contribution is 2.56. The molecule has 2 aliphatic rings. The van der Waals surface area contributed by atoms with Gasteiger partial charge in [-0.2, -0.15) is 0 Å². The van der Waals surface area contributed by atoms with Crippen LogP contribution in [0.2, 0.25) is 0 Å². The number of aromatic nitrogens is 1. The van der Waals surface area contributed by atoms with E-state index >= 15 is 0 Å². The minimum Gasteiger partial charge on any atom is -0.496 e. The molecule has 2 aliphatic carbocycles. The fraction of sp³-hybridized carbons (Fsp3) is 0.500. The number of ether oxygens (including phenoxy) is 1. The van der Waals surface area contributed by atoms with Crippen LogP contribution in [0.15, 0.2) is 29.3 Å². The molecule has 0 bridgehead atoms. The zero-order valence-electron chi connectivity index (χ0n) is 12.9. The number of hydrogen-bond acceptors (Lipinski definition) is 4. The van der Waals surface area contributed by atoms with Gasteiger partial charge in [0.2, 0.25) is 10.0 Å². The second-order valence-electron chi connectivity index (χ2n) is 6.55. The van der Waals surface area contributed by atoms with Crippen molar-refractivity contribution in [3.63, 3.8) is 0 Å². The zero-order chi connectivity index (χ0) is 16.2. The fourth-order valence-electron chi connectivity index (χ4n) is 3.95. The van der Waals surface area contributed by atoms with Gasteiger partial charge in [0.05, 0.1) is 24.1 Å². The van der Waals surface area contributed by atoms with Crippen molar-refractivity contribution in [2.45, 2.75) is 42.7 Å². The summed E-state index contributed by atoms with van der Waals surface area (Å²) in [7, 11) is -2.15. The molecule has 1 spiro atoms. The van der Waals surface area contributed by atoms with Crippen molar-refractivity contribution in [3.05, 3.63) is 24.4 Å². The van der Waals surface area contributed by atoms with Gasteiger partial charge >= 0.3 is 0 Å². The second kappa shape index (κ2) is 4.96. The Labute approximate surface area is 134 Å². The lowest BCUT2D eigenvalue weighted by molar-refractivity contribution is -0.138. The first-order chi connectivity index (χ1) is 11.0. The molecule has 7 heteroatoms. The van der Waals surface area contributed by atoms with E-state index in [0.717, 1.165) is 24.8 Å². The van der Waals surface area contributed by atoms with Gasteiger partial charge in [0.25, 0.3) is 0 Å². The van der Waals surface area contributed by atoms with E-state index in [1.54, 1.807) is 6.07 Å². The van der Waals surface area contributed by atoms with Gasteiger partial charge in [-0.1, -0.05) is 12.5 Å². The highest BCUT2D eigenvalue weighted by molar-refractivity contribution is 7.89. The van der Waals surface area contributed by atoms with Crippen LogP contribution in [0.4, 0.5) is 0 Å². The number of benzene rings is 1. The van der Waals surface area contributed by atoms with Crippen LogP contribution in [0.3, 0.4) is 0 Å². The van der Waals surface area contributed by atoms with Gasteiger partial charge in [-0.3, -0.25) is 0 Å². The van der Waals surface area contributed by atoms with Crippen LogP contribution in [0.1, 0.15) is 25.7 Å². The predicted octanol–water partition coefficient (Wildman–Crippen LogP) is 1.76. The van der Waals surface area contributed by atoms with E-state index in [1.165, 1.54) is 13.3 Å². The van der Waals surface area contributed by atoms with E-state index in [1.807, 2.05) is 12.1 Å². The van der Waals surface area contributed by atoms with E-state index in [-0.39, 0.29) is 22.5 Å². The van der Waals surface area contributed by atoms with Crippen LogP contribution >= 0.6 is 0 Å². The van der Waals surface area contributed by atoms with Crippen LogP contribution < -0.4 is 9.46 Å². The Bertz CT molecular complexity index is 854. The first kappa shape index (κ1) is 15.0. The number of fused-ring (bicyclic) bond motifs is 1. The van der Waals surface area contributed by atoms with Crippen molar-refractivity contribution in [1.29, 1.82) is 0 Å². The first-order valence-electron chi connectivity index (χ1n) is 7.82. The van der Waals surface area contributed by atoms with Crippen molar-refractivity contribution < 1.29 is 18.3 Å². The number of aliphatic hydroxyl groups is 1. The summed E-state index contributed by atoms with van der Waals surface area (Å²) >= 11 is 0. The number of aliphatic hydroxyl groups excluding tert-OH is 1. The molecular weight excluding hydrogens is 316 g/mol. The molecule has 23 heavy (non-hydrogen) atoms. The highest BCUT2D eigenvalue weighted by atomic mass is 32.2. The molecular formula is C16H20N2O4S. The Balaban J connectivity index is 1.70. The van der Waals surface area contributed by atoms with Crippen molar-refractivity contribution >= 4 is 20.9 Å². The summed E-state index contributed by atoms with van der Waals surface area (Å²) in [5, 5.41) is 10.6. The summed E-state index contributed by atoms with van der Waals surface area (Å²) < 4.78 is 33.8. The van der Waals surface area contributed by atoms with E-state index < -0.39 is 10.0 Å². The summed E-state index contributed by atoms with van der Waals surface area (Å²) in [6.45, 7) is 0. The van der Waals surface area contributed by atoms with Crippen LogP contribution in [-0.4, -0.2) is 37.8 Å². The van der Waals surface area contributed by atoms with Crippen LogP contribution in [0, 0.1) is 5.41 Å². The molecule has 1 aromatic heterocycles. The number of rotatable bonds is 4. The predicted molar refractivity (Wildman–Crippen MR) is 85.9 cm³/mol. The number of H-pyrrole nitrogens is 1. The maximum atomic E-state index is 12.8. The van der Waals surface area contributed by atoms with E-state index in [0.29, 0.717) is 17.6 Å². The Morgan fingerprint density at radius 3 is 2.78 bits per heavy atom. The molecule has 124 valence electrons. The van der Waals surface area contributed by atoms with Gasteiger partial charge < -0.3 is 14.8 Å². The number of nitrogens with one attached hydrogen (secondary N) is 2. The maximum Gasteiger partial charge on any atom is 0.243 e.